The van der Waals surface area contributed by atoms with Crippen LogP contribution < -0.4 is 4.18 Å². The first kappa shape index (κ1) is 15.9. The third-order valence-electron chi connectivity index (χ3n) is 3.15. The summed E-state index contributed by atoms with van der Waals surface area (Å²) >= 11 is 12.9. The fourth-order valence-electron chi connectivity index (χ4n) is 2.12. The highest BCUT2D eigenvalue weighted by Gasteiger charge is 2.21. The number of nitro benzene ring substituents is 1. The number of fused-ring (bicyclic) bond motifs is 1. The van der Waals surface area contributed by atoms with Crippen molar-refractivity contribution in [3.05, 3.63) is 74.8 Å². The number of nitro groups is 1. The molecule has 0 radical (unpaired) electrons. The van der Waals surface area contributed by atoms with Crippen LogP contribution in [0, 0.1) is 10.1 Å². The van der Waals surface area contributed by atoms with Crippen molar-refractivity contribution in [2.45, 2.75) is 4.90 Å². The molecule has 0 aliphatic rings. The predicted molar refractivity (Wildman–Crippen MR) is 93.5 cm³/mol. The Morgan fingerprint density at radius 3 is 2.57 bits per heavy atom. The van der Waals surface area contributed by atoms with Crippen molar-refractivity contribution in [1.29, 1.82) is 0 Å². The first-order chi connectivity index (χ1) is 11.1. The van der Waals surface area contributed by atoms with E-state index in [1.807, 2.05) is 42.5 Å². The van der Waals surface area contributed by atoms with Crippen LogP contribution in [0.4, 0.5) is 5.69 Å². The van der Waals surface area contributed by atoms with Crippen molar-refractivity contribution >= 4 is 51.7 Å². The van der Waals surface area contributed by atoms with Crippen molar-refractivity contribution in [2.75, 3.05) is 0 Å². The third kappa shape index (κ3) is 3.37. The molecule has 0 saturated heterocycles. The van der Waals surface area contributed by atoms with Gasteiger partial charge in [-0.2, -0.15) is 0 Å². The Bertz CT molecular complexity index is 896. The Hall–Kier alpha value is -1.95. The van der Waals surface area contributed by atoms with Crippen molar-refractivity contribution < 1.29 is 9.11 Å². The maximum atomic E-state index is 11.1. The molecule has 0 N–H and O–H groups in total. The summed E-state index contributed by atoms with van der Waals surface area (Å²) in [6, 6.07) is 16.2. The minimum atomic E-state index is -0.573. The molecule has 0 atom stereocenters. The largest absolute Gasteiger partial charge is 0.412 e. The van der Waals surface area contributed by atoms with Crippen LogP contribution in [-0.4, -0.2) is 4.92 Å². The van der Waals surface area contributed by atoms with Gasteiger partial charge in [0.25, 0.3) is 0 Å². The maximum absolute atomic E-state index is 11.1. The molecule has 7 heteroatoms. The van der Waals surface area contributed by atoms with E-state index in [0.29, 0.717) is 0 Å². The fourth-order valence-corrected chi connectivity index (χ4v) is 3.44. The van der Waals surface area contributed by atoms with Crippen LogP contribution in [0.3, 0.4) is 0 Å². The van der Waals surface area contributed by atoms with Crippen molar-refractivity contribution in [3.63, 3.8) is 0 Å². The van der Waals surface area contributed by atoms with E-state index in [-0.39, 0.29) is 21.5 Å². The average molecular weight is 366 g/mol. The lowest BCUT2D eigenvalue weighted by atomic mass is 10.1. The number of hydrogen-bond donors (Lipinski definition) is 0. The van der Waals surface area contributed by atoms with Crippen molar-refractivity contribution in [1.82, 2.24) is 0 Å². The summed E-state index contributed by atoms with van der Waals surface area (Å²) in [5.41, 5.74) is -0.268. The van der Waals surface area contributed by atoms with Gasteiger partial charge in [-0.3, -0.25) is 10.1 Å². The second-order valence-corrected chi connectivity index (χ2v) is 6.25. The number of halogens is 2. The van der Waals surface area contributed by atoms with Crippen LogP contribution in [0.15, 0.2) is 59.5 Å². The lowest BCUT2D eigenvalue weighted by Gasteiger charge is -2.09. The quantitative estimate of drug-likeness (QED) is 0.316. The molecule has 4 nitrogen and oxygen atoms in total. The van der Waals surface area contributed by atoms with Gasteiger partial charge in [0.05, 0.1) is 26.9 Å². The predicted octanol–water partition coefficient (Wildman–Crippen LogP) is 6.14. The third-order valence-corrected chi connectivity index (χ3v) is 4.43. The van der Waals surface area contributed by atoms with E-state index in [9.17, 15) is 10.1 Å². The van der Waals surface area contributed by atoms with Gasteiger partial charge in [-0.05, 0) is 22.9 Å². The van der Waals surface area contributed by atoms with Crippen molar-refractivity contribution in [2.24, 2.45) is 0 Å². The molecule has 0 spiro atoms. The highest BCUT2D eigenvalue weighted by molar-refractivity contribution is 7.95. The molecule has 3 aromatic rings. The van der Waals surface area contributed by atoms with E-state index < -0.39 is 4.92 Å². The van der Waals surface area contributed by atoms with Gasteiger partial charge < -0.3 is 4.18 Å². The monoisotopic (exact) mass is 365 g/mol. The Kier molecular flexibility index (Phi) is 4.61. The van der Waals surface area contributed by atoms with Gasteiger partial charge in [0, 0.05) is 11.1 Å². The SMILES string of the molecule is O=[N+]([O-])c1cc(Cl)cc(Cl)c1OSc1cccc2ccccc12. The highest BCUT2D eigenvalue weighted by Crippen LogP contribution is 2.41. The van der Waals surface area contributed by atoms with Gasteiger partial charge >= 0.3 is 5.69 Å². The zero-order chi connectivity index (χ0) is 16.4. The molecule has 0 saturated carbocycles. The molecule has 23 heavy (non-hydrogen) atoms. The fraction of sp³-hybridized carbons (Fsp3) is 0. The molecule has 0 bridgehead atoms. The summed E-state index contributed by atoms with van der Waals surface area (Å²) in [5, 5.41) is 13.5. The number of benzene rings is 3. The normalized spacial score (nSPS) is 10.7. The second kappa shape index (κ2) is 6.66. The van der Waals surface area contributed by atoms with Gasteiger partial charge in [0.1, 0.15) is 0 Å². The van der Waals surface area contributed by atoms with E-state index in [2.05, 4.69) is 0 Å². The van der Waals surface area contributed by atoms with E-state index in [0.717, 1.165) is 27.7 Å². The van der Waals surface area contributed by atoms with Crippen LogP contribution in [0.1, 0.15) is 0 Å². The highest BCUT2D eigenvalue weighted by atomic mass is 35.5. The number of rotatable bonds is 4. The minimum Gasteiger partial charge on any atom is -0.412 e. The molecule has 0 aliphatic carbocycles. The molecular weight excluding hydrogens is 357 g/mol. The van der Waals surface area contributed by atoms with E-state index in [1.165, 1.54) is 12.1 Å². The minimum absolute atomic E-state index is 0.0148. The molecule has 0 aromatic heterocycles. The lowest BCUT2D eigenvalue weighted by Crippen LogP contribution is -1.94. The molecular formula is C16H9Cl2NO3S. The first-order valence-electron chi connectivity index (χ1n) is 6.52. The van der Waals surface area contributed by atoms with Gasteiger partial charge in [-0.15, -0.1) is 0 Å². The number of hydrogen-bond acceptors (Lipinski definition) is 4. The molecule has 116 valence electrons. The van der Waals surface area contributed by atoms with Crippen LogP contribution in [0.2, 0.25) is 10.0 Å². The van der Waals surface area contributed by atoms with Gasteiger partial charge in [0.2, 0.25) is 5.75 Å². The summed E-state index contributed by atoms with van der Waals surface area (Å²) in [7, 11) is 0. The molecule has 0 aliphatic heterocycles. The first-order valence-corrected chi connectivity index (χ1v) is 8.02. The molecule has 0 heterocycles. The smallest absolute Gasteiger partial charge is 0.315 e. The summed E-state index contributed by atoms with van der Waals surface area (Å²) in [5.74, 6) is -0.0148. The van der Waals surface area contributed by atoms with Crippen LogP contribution in [-0.2, 0) is 0 Å². The van der Waals surface area contributed by atoms with E-state index in [1.54, 1.807) is 0 Å². The Morgan fingerprint density at radius 1 is 1.04 bits per heavy atom. The molecule has 0 unspecified atom stereocenters. The molecule has 0 amide bonds. The summed E-state index contributed by atoms with van der Waals surface area (Å²) in [6.07, 6.45) is 0. The zero-order valence-electron chi connectivity index (χ0n) is 11.5. The topological polar surface area (TPSA) is 52.4 Å². The van der Waals surface area contributed by atoms with Gasteiger partial charge in [0.15, 0.2) is 0 Å². The second-order valence-electron chi connectivity index (χ2n) is 4.64. The van der Waals surface area contributed by atoms with E-state index in [4.69, 9.17) is 27.4 Å². The Balaban J connectivity index is 1.96. The van der Waals surface area contributed by atoms with Crippen molar-refractivity contribution in [3.8, 4) is 5.75 Å². The van der Waals surface area contributed by atoms with Gasteiger partial charge in [-0.25, -0.2) is 0 Å². The standard InChI is InChI=1S/C16H9Cl2NO3S/c17-11-8-13(18)16(14(9-11)19(20)21)22-23-15-7-3-5-10-4-1-2-6-12(10)15/h1-9H. The molecule has 3 rings (SSSR count). The van der Waals surface area contributed by atoms with Crippen LogP contribution in [0.25, 0.3) is 10.8 Å². The number of nitrogens with zero attached hydrogens (tertiary/aromatic N) is 1. The van der Waals surface area contributed by atoms with Gasteiger partial charge in [-0.1, -0.05) is 59.6 Å². The summed E-state index contributed by atoms with van der Waals surface area (Å²) in [6.45, 7) is 0. The van der Waals surface area contributed by atoms with E-state index >= 15 is 0 Å². The van der Waals surface area contributed by atoms with Crippen LogP contribution >= 0.6 is 35.2 Å². The lowest BCUT2D eigenvalue weighted by molar-refractivity contribution is -0.385. The van der Waals surface area contributed by atoms with Crippen LogP contribution in [0.5, 0.6) is 5.75 Å². The summed E-state index contributed by atoms with van der Waals surface area (Å²) < 4.78 is 5.56. The molecule has 3 aromatic carbocycles. The zero-order valence-corrected chi connectivity index (χ0v) is 13.9. The molecule has 0 fully saturated rings. The average Bonchev–Trinajstić information content (AvgIpc) is 2.53. The Labute approximate surface area is 146 Å². The Morgan fingerprint density at radius 2 is 1.78 bits per heavy atom. The summed E-state index contributed by atoms with van der Waals surface area (Å²) in [4.78, 5) is 11.4. The maximum Gasteiger partial charge on any atom is 0.315 e.